The summed E-state index contributed by atoms with van der Waals surface area (Å²) in [5.41, 5.74) is 6.88. The quantitative estimate of drug-likeness (QED) is 0.615. The number of amides is 1. The predicted octanol–water partition coefficient (Wildman–Crippen LogP) is 2.19. The number of hydrogen-bond donors (Lipinski definition) is 1. The Hall–Kier alpha value is -1.66. The van der Waals surface area contributed by atoms with E-state index in [1.165, 1.54) is 7.11 Å². The third-order valence-electron chi connectivity index (χ3n) is 4.84. The molecule has 0 aromatic carbocycles. The topological polar surface area (TPSA) is 85.5 Å². The maximum atomic E-state index is 13.0. The number of carbonyl (C=O) groups is 2. The van der Waals surface area contributed by atoms with Gasteiger partial charge in [-0.3, -0.25) is 9.59 Å². The van der Waals surface area contributed by atoms with Crippen molar-refractivity contribution in [2.24, 2.45) is 11.7 Å². The zero-order chi connectivity index (χ0) is 18.4. The highest BCUT2D eigenvalue weighted by Crippen LogP contribution is 2.24. The highest BCUT2D eigenvalue weighted by Gasteiger charge is 2.33. The van der Waals surface area contributed by atoms with E-state index in [2.05, 4.69) is 4.98 Å². The fourth-order valence-corrected chi connectivity index (χ4v) is 3.60. The Balaban J connectivity index is 2.15. The fraction of sp³-hybridized carbons (Fsp3) is 0.611. The first-order valence-electron chi connectivity index (χ1n) is 8.63. The highest BCUT2D eigenvalue weighted by atomic mass is 35.5. The van der Waals surface area contributed by atoms with E-state index >= 15 is 0 Å². The summed E-state index contributed by atoms with van der Waals surface area (Å²) in [7, 11) is 3.09. The Bertz CT molecular complexity index is 611. The van der Waals surface area contributed by atoms with E-state index in [-0.39, 0.29) is 24.4 Å². The second-order valence-corrected chi connectivity index (χ2v) is 6.99. The van der Waals surface area contributed by atoms with Gasteiger partial charge in [-0.25, -0.2) is 4.98 Å². The SMILES string of the molecule is COC(=O)C[C@@H](Cc1cccc(Cl)n1)C(=O)N(C)C1CCCC[C@@H]1N. The van der Waals surface area contributed by atoms with Crippen molar-refractivity contribution in [3.8, 4) is 0 Å². The number of nitrogens with zero attached hydrogens (tertiary/aromatic N) is 2. The zero-order valence-corrected chi connectivity index (χ0v) is 15.5. The van der Waals surface area contributed by atoms with Crippen LogP contribution in [-0.2, 0) is 20.7 Å². The van der Waals surface area contributed by atoms with Gasteiger partial charge in [0.1, 0.15) is 5.15 Å². The predicted molar refractivity (Wildman–Crippen MR) is 96.1 cm³/mol. The molecule has 1 heterocycles. The van der Waals surface area contributed by atoms with E-state index < -0.39 is 11.9 Å². The van der Waals surface area contributed by atoms with Crippen LogP contribution < -0.4 is 5.73 Å². The van der Waals surface area contributed by atoms with Crippen molar-refractivity contribution >= 4 is 23.5 Å². The molecule has 7 heteroatoms. The van der Waals surface area contributed by atoms with Crippen molar-refractivity contribution in [3.63, 3.8) is 0 Å². The lowest BCUT2D eigenvalue weighted by Crippen LogP contribution is -2.52. The molecular formula is C18H26ClN3O3. The van der Waals surface area contributed by atoms with Crippen LogP contribution in [0.1, 0.15) is 37.8 Å². The van der Waals surface area contributed by atoms with Gasteiger partial charge in [0.15, 0.2) is 0 Å². The van der Waals surface area contributed by atoms with Gasteiger partial charge in [-0.1, -0.05) is 30.5 Å². The maximum absolute atomic E-state index is 13.0. The Morgan fingerprint density at radius 2 is 2.12 bits per heavy atom. The number of likely N-dealkylation sites (N-methyl/N-ethyl adjacent to an activating group) is 1. The van der Waals surface area contributed by atoms with Gasteiger partial charge >= 0.3 is 5.97 Å². The average Bonchev–Trinajstić information content (AvgIpc) is 2.60. The lowest BCUT2D eigenvalue weighted by atomic mass is 9.88. The summed E-state index contributed by atoms with van der Waals surface area (Å²) >= 11 is 5.93. The number of halogens is 1. The van der Waals surface area contributed by atoms with Crippen molar-refractivity contribution in [3.05, 3.63) is 29.0 Å². The minimum absolute atomic E-state index is 0.00807. The number of methoxy groups -OCH3 is 1. The van der Waals surface area contributed by atoms with E-state index in [4.69, 9.17) is 22.1 Å². The zero-order valence-electron chi connectivity index (χ0n) is 14.8. The van der Waals surface area contributed by atoms with Crippen molar-refractivity contribution < 1.29 is 14.3 Å². The number of hydrogen-bond acceptors (Lipinski definition) is 5. The first-order valence-corrected chi connectivity index (χ1v) is 9.00. The summed E-state index contributed by atoms with van der Waals surface area (Å²) in [5.74, 6) is -1.06. The second-order valence-electron chi connectivity index (χ2n) is 6.60. The van der Waals surface area contributed by atoms with Crippen LogP contribution in [0.15, 0.2) is 18.2 Å². The molecule has 1 aromatic heterocycles. The van der Waals surface area contributed by atoms with Crippen LogP contribution in [0, 0.1) is 5.92 Å². The molecular weight excluding hydrogens is 342 g/mol. The highest BCUT2D eigenvalue weighted by molar-refractivity contribution is 6.29. The standard InChI is InChI=1S/C18H26ClN3O3/c1-22(15-8-4-3-7-14(15)20)18(24)12(11-17(23)25-2)10-13-6-5-9-16(19)21-13/h5-6,9,12,14-15H,3-4,7-8,10-11,20H2,1-2H3/t12-,14+,15?/m1/s1. The molecule has 1 amide bonds. The molecule has 1 aromatic rings. The van der Waals surface area contributed by atoms with Gasteiger partial charge in [0.25, 0.3) is 0 Å². The number of aromatic nitrogens is 1. The van der Waals surface area contributed by atoms with Gasteiger partial charge < -0.3 is 15.4 Å². The van der Waals surface area contributed by atoms with Gasteiger partial charge in [-0.05, 0) is 25.0 Å². The van der Waals surface area contributed by atoms with Crippen LogP contribution in [0.25, 0.3) is 0 Å². The molecule has 2 rings (SSSR count). The lowest BCUT2D eigenvalue weighted by molar-refractivity contribution is -0.147. The molecule has 1 unspecified atom stereocenters. The lowest BCUT2D eigenvalue weighted by Gasteiger charge is -2.37. The average molecular weight is 368 g/mol. The largest absolute Gasteiger partial charge is 0.469 e. The Morgan fingerprint density at radius 1 is 1.40 bits per heavy atom. The molecule has 25 heavy (non-hydrogen) atoms. The molecule has 1 fully saturated rings. The molecule has 1 aliphatic carbocycles. The number of rotatable bonds is 6. The minimum atomic E-state index is -0.544. The van der Waals surface area contributed by atoms with Crippen LogP contribution in [0.5, 0.6) is 0 Å². The van der Waals surface area contributed by atoms with Crippen LogP contribution in [-0.4, -0.2) is 48.0 Å². The van der Waals surface area contributed by atoms with Gasteiger partial charge in [0.2, 0.25) is 5.91 Å². The molecule has 2 N–H and O–H groups in total. The van der Waals surface area contributed by atoms with Crippen LogP contribution in [0.2, 0.25) is 5.15 Å². The van der Waals surface area contributed by atoms with Gasteiger partial charge in [0, 0.05) is 31.2 Å². The summed E-state index contributed by atoms with van der Waals surface area (Å²) in [6.07, 6.45) is 4.31. The number of nitrogens with two attached hydrogens (primary N) is 1. The van der Waals surface area contributed by atoms with E-state index in [9.17, 15) is 9.59 Å². The smallest absolute Gasteiger partial charge is 0.306 e. The minimum Gasteiger partial charge on any atom is -0.469 e. The Kier molecular flexibility index (Phi) is 7.20. The van der Waals surface area contributed by atoms with Gasteiger partial charge in [0.05, 0.1) is 19.4 Å². The molecule has 3 atom stereocenters. The summed E-state index contributed by atoms with van der Waals surface area (Å²) in [5, 5.41) is 0.365. The van der Waals surface area contributed by atoms with Crippen molar-refractivity contribution in [2.75, 3.05) is 14.2 Å². The van der Waals surface area contributed by atoms with Crippen molar-refractivity contribution in [1.82, 2.24) is 9.88 Å². The molecule has 0 aliphatic heterocycles. The number of carbonyl (C=O) groups excluding carboxylic acids is 2. The third-order valence-corrected chi connectivity index (χ3v) is 5.06. The van der Waals surface area contributed by atoms with Crippen molar-refractivity contribution in [2.45, 2.75) is 50.6 Å². The third kappa shape index (κ3) is 5.41. The van der Waals surface area contributed by atoms with Crippen LogP contribution >= 0.6 is 11.6 Å². The number of esters is 1. The van der Waals surface area contributed by atoms with E-state index in [0.717, 1.165) is 25.7 Å². The van der Waals surface area contributed by atoms with Crippen molar-refractivity contribution in [1.29, 1.82) is 0 Å². The van der Waals surface area contributed by atoms with E-state index in [0.29, 0.717) is 17.3 Å². The van der Waals surface area contributed by atoms with Gasteiger partial charge in [-0.2, -0.15) is 0 Å². The molecule has 6 nitrogen and oxygen atoms in total. The molecule has 0 radical (unpaired) electrons. The first kappa shape index (κ1) is 19.7. The van der Waals surface area contributed by atoms with Gasteiger partial charge in [-0.15, -0.1) is 0 Å². The monoisotopic (exact) mass is 367 g/mol. The number of pyridine rings is 1. The summed E-state index contributed by atoms with van der Waals surface area (Å²) in [6, 6.07) is 5.25. The number of ether oxygens (including phenoxy) is 1. The second kappa shape index (κ2) is 9.15. The Labute approximate surface area is 153 Å². The molecule has 0 bridgehead atoms. The van der Waals surface area contributed by atoms with E-state index in [1.54, 1.807) is 30.1 Å². The first-order chi connectivity index (χ1) is 11.9. The summed E-state index contributed by atoms with van der Waals surface area (Å²) in [4.78, 5) is 30.8. The molecule has 0 spiro atoms. The fourth-order valence-electron chi connectivity index (χ4n) is 3.42. The molecule has 138 valence electrons. The van der Waals surface area contributed by atoms with E-state index in [1.807, 2.05) is 0 Å². The van der Waals surface area contributed by atoms with Crippen LogP contribution in [0.3, 0.4) is 0 Å². The Morgan fingerprint density at radius 3 is 2.76 bits per heavy atom. The normalized spacial score (nSPS) is 21.4. The molecule has 0 saturated heterocycles. The summed E-state index contributed by atoms with van der Waals surface area (Å²) in [6.45, 7) is 0. The molecule has 1 saturated carbocycles. The van der Waals surface area contributed by atoms with Crippen LogP contribution in [0.4, 0.5) is 0 Å². The maximum Gasteiger partial charge on any atom is 0.306 e. The summed E-state index contributed by atoms with van der Waals surface area (Å²) < 4.78 is 4.76. The molecule has 1 aliphatic rings.